The van der Waals surface area contributed by atoms with E-state index in [4.69, 9.17) is 9.47 Å². The Morgan fingerprint density at radius 1 is 1.18 bits per heavy atom. The lowest BCUT2D eigenvalue weighted by atomic mass is 9.95. The van der Waals surface area contributed by atoms with E-state index in [1.165, 1.54) is 12.8 Å². The third kappa shape index (κ3) is 5.43. The van der Waals surface area contributed by atoms with E-state index in [1.807, 2.05) is 20.8 Å². The number of hydrogen-bond acceptors (Lipinski definition) is 4. The van der Waals surface area contributed by atoms with Gasteiger partial charge in [0, 0.05) is 18.6 Å². The van der Waals surface area contributed by atoms with Gasteiger partial charge in [-0.05, 0) is 66.2 Å². The molecule has 1 amide bonds. The van der Waals surface area contributed by atoms with Crippen molar-refractivity contribution in [2.75, 3.05) is 13.1 Å². The Morgan fingerprint density at radius 3 is 2.36 bits per heavy atom. The summed E-state index contributed by atoms with van der Waals surface area (Å²) in [4.78, 5) is 11.9. The van der Waals surface area contributed by atoms with Gasteiger partial charge < -0.3 is 20.1 Å². The standard InChI is InChI=1S/C17H32N2O3/c1-12-6-9-14(21-12)10-19-17(5,13-7-8-13)11-18-15(20)22-16(2,3)4/h12-14,19H,6-11H2,1-5H3,(H,18,20). The van der Waals surface area contributed by atoms with Crippen LogP contribution in [-0.4, -0.2) is 42.5 Å². The second kappa shape index (κ2) is 6.75. The zero-order valence-corrected chi connectivity index (χ0v) is 14.7. The van der Waals surface area contributed by atoms with E-state index in [1.54, 1.807) is 0 Å². The normalized spacial score (nSPS) is 28.2. The number of hydrogen-bond donors (Lipinski definition) is 2. The van der Waals surface area contributed by atoms with Crippen LogP contribution in [-0.2, 0) is 9.47 Å². The first-order chi connectivity index (χ1) is 10.2. The molecule has 2 rings (SSSR count). The Labute approximate surface area is 134 Å². The van der Waals surface area contributed by atoms with Crippen LogP contribution in [0.3, 0.4) is 0 Å². The molecule has 1 saturated heterocycles. The van der Waals surface area contributed by atoms with Crippen LogP contribution in [0.25, 0.3) is 0 Å². The summed E-state index contributed by atoms with van der Waals surface area (Å²) in [5, 5.41) is 6.56. The van der Waals surface area contributed by atoms with Gasteiger partial charge in [0.05, 0.1) is 12.2 Å². The summed E-state index contributed by atoms with van der Waals surface area (Å²) in [6, 6.07) is 0. The first kappa shape index (κ1) is 17.5. The molecule has 5 nitrogen and oxygen atoms in total. The van der Waals surface area contributed by atoms with Crippen LogP contribution < -0.4 is 10.6 Å². The Morgan fingerprint density at radius 2 is 1.86 bits per heavy atom. The SMILES string of the molecule is CC1CCC(CNC(C)(CNC(=O)OC(C)(C)C)C2CC2)O1. The molecule has 128 valence electrons. The summed E-state index contributed by atoms with van der Waals surface area (Å²) in [6.45, 7) is 11.4. The zero-order chi connectivity index (χ0) is 16.4. The van der Waals surface area contributed by atoms with Crippen molar-refractivity contribution in [1.29, 1.82) is 0 Å². The molecule has 2 N–H and O–H groups in total. The highest BCUT2D eigenvalue weighted by Gasteiger charge is 2.42. The first-order valence-electron chi connectivity index (χ1n) is 8.55. The quantitative estimate of drug-likeness (QED) is 0.792. The van der Waals surface area contributed by atoms with Crippen LogP contribution in [0.4, 0.5) is 4.79 Å². The summed E-state index contributed by atoms with van der Waals surface area (Å²) in [6.07, 6.45) is 5.04. The summed E-state index contributed by atoms with van der Waals surface area (Å²) in [5.74, 6) is 0.626. The van der Waals surface area contributed by atoms with E-state index in [2.05, 4.69) is 24.5 Å². The van der Waals surface area contributed by atoms with Crippen molar-refractivity contribution in [2.24, 2.45) is 5.92 Å². The molecule has 2 aliphatic rings. The molecule has 0 bridgehead atoms. The Hall–Kier alpha value is -0.810. The van der Waals surface area contributed by atoms with E-state index in [0.29, 0.717) is 24.7 Å². The van der Waals surface area contributed by atoms with Crippen molar-refractivity contribution in [3.05, 3.63) is 0 Å². The number of alkyl carbamates (subject to hydrolysis) is 1. The fourth-order valence-electron chi connectivity index (χ4n) is 3.02. The Kier molecular flexibility index (Phi) is 5.38. The second-order valence-corrected chi connectivity index (χ2v) is 8.07. The van der Waals surface area contributed by atoms with Crippen LogP contribution >= 0.6 is 0 Å². The van der Waals surface area contributed by atoms with Crippen LogP contribution in [0.2, 0.25) is 0 Å². The largest absolute Gasteiger partial charge is 0.444 e. The third-order valence-corrected chi connectivity index (χ3v) is 4.53. The van der Waals surface area contributed by atoms with E-state index < -0.39 is 5.60 Å². The molecule has 3 atom stereocenters. The van der Waals surface area contributed by atoms with Gasteiger partial charge in [0.2, 0.25) is 0 Å². The van der Waals surface area contributed by atoms with Crippen molar-refractivity contribution in [3.8, 4) is 0 Å². The van der Waals surface area contributed by atoms with E-state index >= 15 is 0 Å². The topological polar surface area (TPSA) is 59.6 Å². The van der Waals surface area contributed by atoms with Gasteiger partial charge in [-0.1, -0.05) is 0 Å². The van der Waals surface area contributed by atoms with Crippen molar-refractivity contribution >= 4 is 6.09 Å². The molecule has 3 unspecified atom stereocenters. The van der Waals surface area contributed by atoms with Crippen LogP contribution in [0.15, 0.2) is 0 Å². The highest BCUT2D eigenvalue weighted by molar-refractivity contribution is 5.67. The molecule has 1 saturated carbocycles. The number of amides is 1. The molecule has 1 heterocycles. The number of carbonyl (C=O) groups is 1. The fraction of sp³-hybridized carbons (Fsp3) is 0.941. The first-order valence-corrected chi connectivity index (χ1v) is 8.55. The van der Waals surface area contributed by atoms with Crippen molar-refractivity contribution in [3.63, 3.8) is 0 Å². The molecule has 0 aromatic heterocycles. The summed E-state index contributed by atoms with van der Waals surface area (Å²) < 4.78 is 11.2. The van der Waals surface area contributed by atoms with Crippen molar-refractivity contribution < 1.29 is 14.3 Å². The van der Waals surface area contributed by atoms with Crippen molar-refractivity contribution in [1.82, 2.24) is 10.6 Å². The minimum absolute atomic E-state index is 0.0773. The highest BCUT2D eigenvalue weighted by atomic mass is 16.6. The van der Waals surface area contributed by atoms with Gasteiger partial charge >= 0.3 is 6.09 Å². The average molecular weight is 312 g/mol. The molecule has 5 heteroatoms. The summed E-state index contributed by atoms with van der Waals surface area (Å²) in [5.41, 5.74) is -0.534. The van der Waals surface area contributed by atoms with Gasteiger partial charge in [-0.25, -0.2) is 4.79 Å². The molecule has 2 fully saturated rings. The Bertz CT molecular complexity index is 390. The molecule has 0 radical (unpaired) electrons. The Balaban J connectivity index is 1.79. The number of ether oxygens (including phenoxy) is 2. The van der Waals surface area contributed by atoms with Gasteiger partial charge in [-0.2, -0.15) is 0 Å². The molecule has 0 aromatic carbocycles. The fourth-order valence-corrected chi connectivity index (χ4v) is 3.02. The van der Waals surface area contributed by atoms with E-state index in [9.17, 15) is 4.79 Å². The molecule has 0 spiro atoms. The minimum Gasteiger partial charge on any atom is -0.444 e. The highest BCUT2D eigenvalue weighted by Crippen LogP contribution is 2.39. The van der Waals surface area contributed by atoms with Gasteiger partial charge in [0.15, 0.2) is 0 Å². The minimum atomic E-state index is -0.457. The van der Waals surface area contributed by atoms with Gasteiger partial charge in [0.1, 0.15) is 5.60 Å². The summed E-state index contributed by atoms with van der Waals surface area (Å²) in [7, 11) is 0. The van der Waals surface area contributed by atoms with Crippen LogP contribution in [0.5, 0.6) is 0 Å². The number of nitrogens with one attached hydrogen (secondary N) is 2. The molecule has 0 aromatic rings. The lowest BCUT2D eigenvalue weighted by molar-refractivity contribution is 0.0453. The smallest absolute Gasteiger partial charge is 0.407 e. The molecule has 1 aliphatic carbocycles. The third-order valence-electron chi connectivity index (χ3n) is 4.53. The lowest BCUT2D eigenvalue weighted by Gasteiger charge is -2.33. The number of rotatable bonds is 6. The number of carbonyl (C=O) groups excluding carboxylic acids is 1. The predicted octanol–water partition coefficient (Wildman–Crippen LogP) is 2.84. The van der Waals surface area contributed by atoms with Crippen LogP contribution in [0, 0.1) is 5.92 Å². The summed E-state index contributed by atoms with van der Waals surface area (Å²) >= 11 is 0. The zero-order valence-electron chi connectivity index (χ0n) is 14.7. The maximum Gasteiger partial charge on any atom is 0.407 e. The molecular formula is C17H32N2O3. The monoisotopic (exact) mass is 312 g/mol. The van der Waals surface area contributed by atoms with Crippen molar-refractivity contribution in [2.45, 2.75) is 83.6 Å². The average Bonchev–Trinajstić information content (AvgIpc) is 3.16. The second-order valence-electron chi connectivity index (χ2n) is 8.07. The van der Waals surface area contributed by atoms with Gasteiger partial charge in [0.25, 0.3) is 0 Å². The molecule has 1 aliphatic heterocycles. The maximum absolute atomic E-state index is 11.9. The molecule has 22 heavy (non-hydrogen) atoms. The molecular weight excluding hydrogens is 280 g/mol. The predicted molar refractivity (Wildman–Crippen MR) is 86.9 cm³/mol. The van der Waals surface area contributed by atoms with Crippen LogP contribution in [0.1, 0.15) is 60.3 Å². The lowest BCUT2D eigenvalue weighted by Crippen LogP contribution is -2.55. The van der Waals surface area contributed by atoms with Gasteiger partial charge in [-0.3, -0.25) is 0 Å². The van der Waals surface area contributed by atoms with E-state index in [0.717, 1.165) is 19.4 Å². The maximum atomic E-state index is 11.9. The van der Waals surface area contributed by atoms with Gasteiger partial charge in [-0.15, -0.1) is 0 Å². The van der Waals surface area contributed by atoms with E-state index in [-0.39, 0.29) is 11.6 Å².